The molecule has 0 aliphatic carbocycles. The molecule has 0 unspecified atom stereocenters. The van der Waals surface area contributed by atoms with Gasteiger partial charge in [-0.25, -0.2) is 0 Å². The van der Waals surface area contributed by atoms with E-state index in [1.54, 1.807) is 12.1 Å². The van der Waals surface area contributed by atoms with Gasteiger partial charge in [0.2, 0.25) is 5.91 Å². The second kappa shape index (κ2) is 9.23. The number of carbonyl (C=O) groups is 2. The monoisotopic (exact) mass is 305 g/mol. The quantitative estimate of drug-likeness (QED) is 0.686. The molecule has 4 heteroatoms. The summed E-state index contributed by atoms with van der Waals surface area (Å²) < 4.78 is 0. The van der Waals surface area contributed by atoms with Gasteiger partial charge in [0, 0.05) is 25.3 Å². The first-order chi connectivity index (χ1) is 10.4. The maximum Gasteiger partial charge on any atom is 0.220 e. The number of hydrogen-bond acceptors (Lipinski definition) is 3. The summed E-state index contributed by atoms with van der Waals surface area (Å²) in [7, 11) is 0. The molecule has 0 aromatic heterocycles. The molecule has 2 N–H and O–H groups in total. The normalized spacial score (nSPS) is 10.7. The SMILES string of the molecule is Cc1cc(CNC(=O)CCCCCC(=O)C(C)C)ccc1O. The number of ketones is 1. The molecule has 0 radical (unpaired) electrons. The van der Waals surface area contributed by atoms with Gasteiger partial charge in [0.05, 0.1) is 0 Å². The number of hydrogen-bond donors (Lipinski definition) is 2. The van der Waals surface area contributed by atoms with Crippen LogP contribution < -0.4 is 5.32 Å². The van der Waals surface area contributed by atoms with Gasteiger partial charge in [0.25, 0.3) is 0 Å². The molecule has 0 saturated heterocycles. The van der Waals surface area contributed by atoms with Crippen LogP contribution in [0.2, 0.25) is 0 Å². The highest BCUT2D eigenvalue weighted by Gasteiger charge is 2.07. The van der Waals surface area contributed by atoms with Crippen LogP contribution in [0.4, 0.5) is 0 Å². The molecule has 0 heterocycles. The molecule has 1 amide bonds. The molecule has 0 saturated carbocycles. The number of benzene rings is 1. The van der Waals surface area contributed by atoms with Crippen molar-refractivity contribution in [3.63, 3.8) is 0 Å². The maximum absolute atomic E-state index is 11.7. The van der Waals surface area contributed by atoms with E-state index < -0.39 is 0 Å². The first-order valence-electron chi connectivity index (χ1n) is 7.98. The van der Waals surface area contributed by atoms with Crippen LogP contribution in [0.5, 0.6) is 5.75 Å². The molecule has 1 aromatic rings. The molecule has 1 rings (SSSR count). The van der Waals surface area contributed by atoms with Crippen molar-refractivity contribution in [2.75, 3.05) is 0 Å². The number of rotatable bonds is 9. The molecule has 0 fully saturated rings. The van der Waals surface area contributed by atoms with Crippen LogP contribution in [0.3, 0.4) is 0 Å². The van der Waals surface area contributed by atoms with Crippen LogP contribution in [-0.4, -0.2) is 16.8 Å². The van der Waals surface area contributed by atoms with Crippen molar-refractivity contribution in [1.29, 1.82) is 0 Å². The molecule has 122 valence electrons. The summed E-state index contributed by atoms with van der Waals surface area (Å²) in [5.41, 5.74) is 1.78. The summed E-state index contributed by atoms with van der Waals surface area (Å²) >= 11 is 0. The van der Waals surface area contributed by atoms with Crippen molar-refractivity contribution < 1.29 is 14.7 Å². The Labute approximate surface area is 132 Å². The molecule has 0 aliphatic rings. The van der Waals surface area contributed by atoms with Gasteiger partial charge in [-0.15, -0.1) is 0 Å². The minimum atomic E-state index is 0.0286. The summed E-state index contributed by atoms with van der Waals surface area (Å²) in [6.07, 6.45) is 3.69. The third-order valence-electron chi connectivity index (χ3n) is 3.72. The summed E-state index contributed by atoms with van der Waals surface area (Å²) in [6.45, 7) is 6.15. The van der Waals surface area contributed by atoms with E-state index in [0.717, 1.165) is 30.4 Å². The molecule has 1 aromatic carbocycles. The van der Waals surface area contributed by atoms with Gasteiger partial charge in [-0.05, 0) is 37.0 Å². The second-order valence-electron chi connectivity index (χ2n) is 6.08. The van der Waals surface area contributed by atoms with E-state index in [0.29, 0.717) is 25.2 Å². The lowest BCUT2D eigenvalue weighted by molar-refractivity contribution is -0.122. The lowest BCUT2D eigenvalue weighted by Gasteiger charge is -2.07. The van der Waals surface area contributed by atoms with Gasteiger partial charge in [0.1, 0.15) is 11.5 Å². The van der Waals surface area contributed by atoms with Gasteiger partial charge in [-0.1, -0.05) is 32.4 Å². The van der Waals surface area contributed by atoms with Crippen LogP contribution in [0.1, 0.15) is 57.1 Å². The zero-order valence-electron chi connectivity index (χ0n) is 13.8. The smallest absolute Gasteiger partial charge is 0.220 e. The predicted molar refractivity (Wildman–Crippen MR) is 87.6 cm³/mol. The van der Waals surface area contributed by atoms with Crippen molar-refractivity contribution in [2.45, 2.75) is 59.4 Å². The van der Waals surface area contributed by atoms with Gasteiger partial charge in [0.15, 0.2) is 0 Å². The number of unbranched alkanes of at least 4 members (excludes halogenated alkanes) is 2. The lowest BCUT2D eigenvalue weighted by atomic mass is 10.0. The summed E-state index contributed by atoms with van der Waals surface area (Å²) in [4.78, 5) is 23.2. The van der Waals surface area contributed by atoms with Crippen molar-refractivity contribution in [2.24, 2.45) is 5.92 Å². The average Bonchev–Trinajstić information content (AvgIpc) is 2.47. The highest BCUT2D eigenvalue weighted by Crippen LogP contribution is 2.16. The Morgan fingerprint density at radius 2 is 1.82 bits per heavy atom. The van der Waals surface area contributed by atoms with E-state index in [2.05, 4.69) is 5.32 Å². The fraction of sp³-hybridized carbons (Fsp3) is 0.556. The average molecular weight is 305 g/mol. The van der Waals surface area contributed by atoms with Crippen LogP contribution in [0, 0.1) is 12.8 Å². The number of aromatic hydroxyl groups is 1. The Morgan fingerprint density at radius 1 is 1.14 bits per heavy atom. The topological polar surface area (TPSA) is 66.4 Å². The van der Waals surface area contributed by atoms with E-state index in [9.17, 15) is 14.7 Å². The van der Waals surface area contributed by atoms with Crippen LogP contribution in [0.25, 0.3) is 0 Å². The largest absolute Gasteiger partial charge is 0.508 e. The minimum absolute atomic E-state index is 0.0286. The van der Waals surface area contributed by atoms with Crippen molar-refractivity contribution in [1.82, 2.24) is 5.32 Å². The number of phenols is 1. The van der Waals surface area contributed by atoms with E-state index >= 15 is 0 Å². The second-order valence-corrected chi connectivity index (χ2v) is 6.08. The Hall–Kier alpha value is -1.84. The van der Waals surface area contributed by atoms with E-state index in [-0.39, 0.29) is 17.6 Å². The van der Waals surface area contributed by atoms with Gasteiger partial charge in [-0.2, -0.15) is 0 Å². The minimum Gasteiger partial charge on any atom is -0.508 e. The zero-order chi connectivity index (χ0) is 16.5. The van der Waals surface area contributed by atoms with Crippen molar-refractivity contribution in [3.05, 3.63) is 29.3 Å². The Balaban J connectivity index is 2.16. The highest BCUT2D eigenvalue weighted by atomic mass is 16.3. The molecular weight excluding hydrogens is 278 g/mol. The van der Waals surface area contributed by atoms with Gasteiger partial charge in [-0.3, -0.25) is 9.59 Å². The Bertz CT molecular complexity index is 509. The molecule has 0 bridgehead atoms. The third kappa shape index (κ3) is 6.74. The number of nitrogens with one attached hydrogen (secondary N) is 1. The van der Waals surface area contributed by atoms with Crippen LogP contribution in [-0.2, 0) is 16.1 Å². The molecule has 22 heavy (non-hydrogen) atoms. The van der Waals surface area contributed by atoms with Crippen LogP contribution >= 0.6 is 0 Å². The molecule has 4 nitrogen and oxygen atoms in total. The number of amides is 1. The zero-order valence-corrected chi connectivity index (χ0v) is 13.8. The molecule has 0 atom stereocenters. The maximum atomic E-state index is 11.7. The number of phenolic OH excluding ortho intramolecular Hbond substituents is 1. The predicted octanol–water partition coefficient (Wildman–Crippen LogP) is 3.49. The number of aryl methyl sites for hydroxylation is 1. The van der Waals surface area contributed by atoms with Crippen molar-refractivity contribution in [3.8, 4) is 5.75 Å². The summed E-state index contributed by atoms with van der Waals surface area (Å²) in [5, 5.41) is 12.3. The van der Waals surface area contributed by atoms with Crippen LogP contribution in [0.15, 0.2) is 18.2 Å². The number of Topliss-reactive ketones (excluding diaryl/α,β-unsaturated/α-hetero) is 1. The fourth-order valence-electron chi connectivity index (χ4n) is 2.17. The molecular formula is C18H27NO3. The fourth-order valence-corrected chi connectivity index (χ4v) is 2.17. The third-order valence-corrected chi connectivity index (χ3v) is 3.72. The highest BCUT2D eigenvalue weighted by molar-refractivity contribution is 5.80. The summed E-state index contributed by atoms with van der Waals surface area (Å²) in [5.74, 6) is 0.705. The Kier molecular flexibility index (Phi) is 7.64. The van der Waals surface area contributed by atoms with E-state index in [1.807, 2.05) is 26.8 Å². The lowest BCUT2D eigenvalue weighted by Crippen LogP contribution is -2.22. The Morgan fingerprint density at radius 3 is 2.45 bits per heavy atom. The summed E-state index contributed by atoms with van der Waals surface area (Å²) in [6, 6.07) is 5.32. The van der Waals surface area contributed by atoms with E-state index in [1.165, 1.54) is 0 Å². The first-order valence-corrected chi connectivity index (χ1v) is 7.98. The van der Waals surface area contributed by atoms with Gasteiger partial charge >= 0.3 is 0 Å². The number of carbonyl (C=O) groups excluding carboxylic acids is 2. The van der Waals surface area contributed by atoms with Crippen molar-refractivity contribution >= 4 is 11.7 Å². The molecule has 0 spiro atoms. The van der Waals surface area contributed by atoms with Gasteiger partial charge < -0.3 is 10.4 Å². The standard InChI is InChI=1S/C18H27NO3/c1-13(2)16(20)7-5-4-6-8-18(22)19-12-15-9-10-17(21)14(3)11-15/h9-11,13,21H,4-8,12H2,1-3H3,(H,19,22). The van der Waals surface area contributed by atoms with E-state index in [4.69, 9.17) is 0 Å². The first kappa shape index (κ1) is 18.2. The molecule has 0 aliphatic heterocycles.